The van der Waals surface area contributed by atoms with Crippen LogP contribution in [-0.4, -0.2) is 19.9 Å². The lowest BCUT2D eigenvalue weighted by Crippen LogP contribution is -2.09. The molecule has 0 saturated carbocycles. The SMILES string of the molecule is CC(c1ccco1)n1cnnc1CO. The molecule has 2 aromatic heterocycles. The molecule has 2 heterocycles. The molecule has 1 N–H and O–H groups in total. The number of furan rings is 1. The minimum absolute atomic E-state index is 0.00199. The van der Waals surface area contributed by atoms with E-state index in [1.165, 1.54) is 0 Å². The summed E-state index contributed by atoms with van der Waals surface area (Å²) in [5.74, 6) is 1.36. The van der Waals surface area contributed by atoms with E-state index in [-0.39, 0.29) is 12.6 Å². The standard InChI is InChI=1S/C9H11N3O2/c1-7(8-3-2-4-14-8)12-6-10-11-9(12)5-13/h2-4,6-7,13H,5H2,1H3. The van der Waals surface area contributed by atoms with Crippen LogP contribution < -0.4 is 0 Å². The monoisotopic (exact) mass is 193 g/mol. The van der Waals surface area contributed by atoms with E-state index in [9.17, 15) is 0 Å². The molecular formula is C9H11N3O2. The van der Waals surface area contributed by atoms with Crippen LogP contribution in [0.3, 0.4) is 0 Å². The third-order valence-electron chi connectivity index (χ3n) is 2.16. The molecule has 5 heteroatoms. The Labute approximate surface area is 81.0 Å². The molecule has 0 aliphatic carbocycles. The number of nitrogens with zero attached hydrogens (tertiary/aromatic N) is 3. The van der Waals surface area contributed by atoms with Gasteiger partial charge >= 0.3 is 0 Å². The first-order valence-electron chi connectivity index (χ1n) is 4.35. The van der Waals surface area contributed by atoms with Crippen molar-refractivity contribution in [1.29, 1.82) is 0 Å². The molecule has 0 saturated heterocycles. The second kappa shape index (κ2) is 3.63. The van der Waals surface area contributed by atoms with E-state index < -0.39 is 0 Å². The summed E-state index contributed by atoms with van der Waals surface area (Å²) >= 11 is 0. The summed E-state index contributed by atoms with van der Waals surface area (Å²) in [6, 6.07) is 3.71. The number of aromatic nitrogens is 3. The Kier molecular flexibility index (Phi) is 2.32. The fraction of sp³-hybridized carbons (Fsp3) is 0.333. The zero-order valence-corrected chi connectivity index (χ0v) is 7.79. The Morgan fingerprint density at radius 3 is 3.14 bits per heavy atom. The van der Waals surface area contributed by atoms with E-state index in [0.717, 1.165) is 5.76 Å². The predicted octanol–water partition coefficient (Wildman–Crippen LogP) is 0.973. The van der Waals surface area contributed by atoms with Crippen LogP contribution >= 0.6 is 0 Å². The third-order valence-corrected chi connectivity index (χ3v) is 2.16. The van der Waals surface area contributed by atoms with Crippen molar-refractivity contribution in [3.63, 3.8) is 0 Å². The van der Waals surface area contributed by atoms with Gasteiger partial charge in [-0.05, 0) is 19.1 Å². The van der Waals surface area contributed by atoms with Gasteiger partial charge < -0.3 is 14.1 Å². The van der Waals surface area contributed by atoms with E-state index >= 15 is 0 Å². The van der Waals surface area contributed by atoms with Crippen molar-refractivity contribution in [1.82, 2.24) is 14.8 Å². The molecule has 0 bridgehead atoms. The van der Waals surface area contributed by atoms with Crippen molar-refractivity contribution in [2.75, 3.05) is 0 Å². The number of aliphatic hydroxyl groups is 1. The van der Waals surface area contributed by atoms with E-state index in [1.54, 1.807) is 17.2 Å². The van der Waals surface area contributed by atoms with Gasteiger partial charge in [0.1, 0.15) is 18.7 Å². The van der Waals surface area contributed by atoms with Gasteiger partial charge in [-0.15, -0.1) is 10.2 Å². The van der Waals surface area contributed by atoms with Gasteiger partial charge in [0, 0.05) is 0 Å². The van der Waals surface area contributed by atoms with Gasteiger partial charge in [-0.25, -0.2) is 0 Å². The average molecular weight is 193 g/mol. The summed E-state index contributed by atoms with van der Waals surface area (Å²) in [4.78, 5) is 0. The van der Waals surface area contributed by atoms with Crippen molar-refractivity contribution in [3.05, 3.63) is 36.3 Å². The maximum atomic E-state index is 9.00. The molecule has 0 aromatic carbocycles. The van der Waals surface area contributed by atoms with Crippen molar-refractivity contribution >= 4 is 0 Å². The van der Waals surface area contributed by atoms with Crippen LogP contribution in [0.4, 0.5) is 0 Å². The zero-order valence-electron chi connectivity index (χ0n) is 7.79. The summed E-state index contributed by atoms with van der Waals surface area (Å²) in [6.45, 7) is 1.84. The second-order valence-electron chi connectivity index (χ2n) is 3.00. The first-order chi connectivity index (χ1) is 6.83. The largest absolute Gasteiger partial charge is 0.467 e. The highest BCUT2D eigenvalue weighted by atomic mass is 16.3. The molecule has 0 aliphatic rings. The second-order valence-corrected chi connectivity index (χ2v) is 3.00. The number of aliphatic hydroxyl groups excluding tert-OH is 1. The van der Waals surface area contributed by atoms with E-state index in [1.807, 2.05) is 19.1 Å². The Hall–Kier alpha value is -1.62. The van der Waals surface area contributed by atoms with Gasteiger partial charge in [0.15, 0.2) is 5.82 Å². The van der Waals surface area contributed by atoms with Gasteiger partial charge in [-0.2, -0.15) is 0 Å². The molecule has 0 radical (unpaired) electrons. The third kappa shape index (κ3) is 1.42. The molecule has 5 nitrogen and oxygen atoms in total. The minimum atomic E-state index is -0.120. The Morgan fingerprint density at radius 1 is 1.64 bits per heavy atom. The van der Waals surface area contributed by atoms with Gasteiger partial charge in [-0.1, -0.05) is 0 Å². The zero-order chi connectivity index (χ0) is 9.97. The van der Waals surface area contributed by atoms with E-state index in [2.05, 4.69) is 10.2 Å². The summed E-state index contributed by atoms with van der Waals surface area (Å²) in [5.41, 5.74) is 0. The minimum Gasteiger partial charge on any atom is -0.467 e. The topological polar surface area (TPSA) is 64.1 Å². The normalized spacial score (nSPS) is 13.0. The molecule has 0 fully saturated rings. The van der Waals surface area contributed by atoms with Crippen LogP contribution in [0.15, 0.2) is 29.1 Å². The van der Waals surface area contributed by atoms with Crippen molar-refractivity contribution in [2.45, 2.75) is 19.6 Å². The summed E-state index contributed by atoms with van der Waals surface area (Å²) in [5, 5.41) is 16.5. The van der Waals surface area contributed by atoms with Crippen LogP contribution in [0.5, 0.6) is 0 Å². The van der Waals surface area contributed by atoms with Crippen molar-refractivity contribution in [3.8, 4) is 0 Å². The van der Waals surface area contributed by atoms with E-state index in [0.29, 0.717) is 5.82 Å². The van der Waals surface area contributed by atoms with Crippen LogP contribution in [0, 0.1) is 0 Å². The first kappa shape index (κ1) is 8.96. The fourth-order valence-electron chi connectivity index (χ4n) is 1.37. The molecule has 0 aliphatic heterocycles. The van der Waals surface area contributed by atoms with Crippen LogP contribution in [0.25, 0.3) is 0 Å². The highest BCUT2D eigenvalue weighted by Crippen LogP contribution is 2.18. The Morgan fingerprint density at radius 2 is 2.50 bits per heavy atom. The Balaban J connectivity index is 2.31. The summed E-state index contributed by atoms with van der Waals surface area (Å²) in [6.07, 6.45) is 3.20. The molecule has 1 unspecified atom stereocenters. The maximum Gasteiger partial charge on any atom is 0.159 e. The molecule has 74 valence electrons. The predicted molar refractivity (Wildman–Crippen MR) is 48.5 cm³/mol. The van der Waals surface area contributed by atoms with Crippen LogP contribution in [-0.2, 0) is 6.61 Å². The van der Waals surface area contributed by atoms with Crippen LogP contribution in [0.2, 0.25) is 0 Å². The lowest BCUT2D eigenvalue weighted by molar-refractivity contribution is 0.261. The molecular weight excluding hydrogens is 182 g/mol. The summed E-state index contributed by atoms with van der Waals surface area (Å²) < 4.78 is 7.04. The molecule has 0 amide bonds. The van der Waals surface area contributed by atoms with Crippen molar-refractivity contribution < 1.29 is 9.52 Å². The quantitative estimate of drug-likeness (QED) is 0.788. The number of rotatable bonds is 3. The highest BCUT2D eigenvalue weighted by Gasteiger charge is 2.14. The molecule has 14 heavy (non-hydrogen) atoms. The average Bonchev–Trinajstić information content (AvgIpc) is 2.87. The smallest absolute Gasteiger partial charge is 0.159 e. The molecule has 2 aromatic rings. The summed E-state index contributed by atoms with van der Waals surface area (Å²) in [7, 11) is 0. The molecule has 2 rings (SSSR count). The van der Waals surface area contributed by atoms with Gasteiger partial charge in [0.2, 0.25) is 0 Å². The van der Waals surface area contributed by atoms with Crippen molar-refractivity contribution in [2.24, 2.45) is 0 Å². The molecule has 1 atom stereocenters. The van der Waals surface area contributed by atoms with E-state index in [4.69, 9.17) is 9.52 Å². The highest BCUT2D eigenvalue weighted by molar-refractivity contribution is 5.06. The lowest BCUT2D eigenvalue weighted by Gasteiger charge is -2.11. The lowest BCUT2D eigenvalue weighted by atomic mass is 10.2. The Bertz CT molecular complexity index is 394. The van der Waals surface area contributed by atoms with Gasteiger partial charge in [-0.3, -0.25) is 0 Å². The fourth-order valence-corrected chi connectivity index (χ4v) is 1.37. The van der Waals surface area contributed by atoms with Gasteiger partial charge in [0.05, 0.1) is 12.3 Å². The number of hydrogen-bond acceptors (Lipinski definition) is 4. The van der Waals surface area contributed by atoms with Crippen LogP contribution in [0.1, 0.15) is 24.6 Å². The van der Waals surface area contributed by atoms with Gasteiger partial charge in [0.25, 0.3) is 0 Å². The number of hydrogen-bond donors (Lipinski definition) is 1. The first-order valence-corrected chi connectivity index (χ1v) is 4.35. The molecule has 0 spiro atoms. The maximum absolute atomic E-state index is 9.00.